The maximum atomic E-state index is 13.0. The van der Waals surface area contributed by atoms with E-state index >= 15 is 0 Å². The Morgan fingerprint density at radius 3 is 2.73 bits per heavy atom. The zero-order valence-electron chi connectivity index (χ0n) is 7.12. The molecule has 0 saturated heterocycles. The third-order valence-electron chi connectivity index (χ3n) is 1.51. The molecule has 0 fully saturated rings. The van der Waals surface area contributed by atoms with Crippen LogP contribution in [0.15, 0.2) is 27.6 Å². The SMILES string of the molecule is N#Cc1c(F)cccc1S(=O)(=O)N=[N+]=[N-]. The standard InChI is InChI=1S/C7H3FN4O2S/c8-6-2-1-3-7(5(6)4-9)15(13,14)12-11-10/h1-3H. The highest BCUT2D eigenvalue weighted by molar-refractivity contribution is 7.90. The van der Waals surface area contributed by atoms with Gasteiger partial charge in [-0.05, 0) is 17.7 Å². The van der Waals surface area contributed by atoms with E-state index in [1.807, 2.05) is 0 Å². The van der Waals surface area contributed by atoms with Crippen LogP contribution in [0.1, 0.15) is 5.56 Å². The monoisotopic (exact) mass is 226 g/mol. The Labute approximate surface area is 84.2 Å². The fraction of sp³-hybridized carbons (Fsp3) is 0. The molecule has 0 aliphatic rings. The molecule has 0 aromatic heterocycles. The van der Waals surface area contributed by atoms with Crippen molar-refractivity contribution < 1.29 is 12.8 Å². The van der Waals surface area contributed by atoms with E-state index < -0.39 is 26.3 Å². The van der Waals surface area contributed by atoms with Crippen molar-refractivity contribution >= 4 is 10.0 Å². The zero-order chi connectivity index (χ0) is 11.5. The van der Waals surface area contributed by atoms with E-state index in [-0.39, 0.29) is 0 Å². The Kier molecular flexibility index (Phi) is 2.90. The van der Waals surface area contributed by atoms with Crippen LogP contribution in [0.2, 0.25) is 0 Å². The Hall–Kier alpha value is -2.10. The molecule has 0 radical (unpaired) electrons. The average Bonchev–Trinajstić information content (AvgIpc) is 2.17. The minimum Gasteiger partial charge on any atom is -0.216 e. The first kappa shape index (κ1) is 11.0. The van der Waals surface area contributed by atoms with E-state index in [0.29, 0.717) is 0 Å². The second-order valence-corrected chi connectivity index (χ2v) is 3.92. The second kappa shape index (κ2) is 3.96. The van der Waals surface area contributed by atoms with Crippen molar-refractivity contribution in [2.75, 3.05) is 0 Å². The lowest BCUT2D eigenvalue weighted by Gasteiger charge is -2.00. The highest BCUT2D eigenvalue weighted by Gasteiger charge is 2.19. The van der Waals surface area contributed by atoms with Crippen molar-refractivity contribution in [1.29, 1.82) is 5.26 Å². The maximum Gasteiger partial charge on any atom is 0.265 e. The van der Waals surface area contributed by atoms with Crippen molar-refractivity contribution in [3.05, 3.63) is 40.0 Å². The molecule has 1 rings (SSSR count). The van der Waals surface area contributed by atoms with Gasteiger partial charge in [0.25, 0.3) is 10.0 Å². The summed E-state index contributed by atoms with van der Waals surface area (Å²) in [6.45, 7) is 0. The smallest absolute Gasteiger partial charge is 0.216 e. The number of hydrogen-bond acceptors (Lipinski definition) is 3. The minimum absolute atomic E-state index is 0.636. The number of halogens is 1. The van der Waals surface area contributed by atoms with Gasteiger partial charge in [0.15, 0.2) is 0 Å². The molecular weight excluding hydrogens is 223 g/mol. The van der Waals surface area contributed by atoms with Crippen LogP contribution < -0.4 is 0 Å². The number of rotatable bonds is 2. The largest absolute Gasteiger partial charge is 0.265 e. The lowest BCUT2D eigenvalue weighted by Crippen LogP contribution is -2.00. The van der Waals surface area contributed by atoms with Gasteiger partial charge in [-0.25, -0.2) is 12.8 Å². The Morgan fingerprint density at radius 2 is 2.20 bits per heavy atom. The predicted octanol–water partition coefficient (Wildman–Crippen LogP) is 1.70. The molecule has 0 aliphatic carbocycles. The molecule has 8 heteroatoms. The molecule has 0 unspecified atom stereocenters. The number of nitriles is 1. The van der Waals surface area contributed by atoms with Crippen molar-refractivity contribution in [3.8, 4) is 6.07 Å². The fourth-order valence-electron chi connectivity index (χ4n) is 0.920. The molecule has 76 valence electrons. The van der Waals surface area contributed by atoms with Gasteiger partial charge in [-0.2, -0.15) is 5.26 Å². The first-order valence-electron chi connectivity index (χ1n) is 3.53. The molecular formula is C7H3FN4O2S. The molecule has 0 heterocycles. The second-order valence-electron chi connectivity index (χ2n) is 2.37. The number of azide groups is 1. The molecule has 0 aliphatic heterocycles. The Balaban J connectivity index is 3.61. The van der Waals surface area contributed by atoms with Crippen LogP contribution in [0.3, 0.4) is 0 Å². The van der Waals surface area contributed by atoms with Crippen molar-refractivity contribution in [2.24, 2.45) is 4.52 Å². The first-order chi connectivity index (χ1) is 7.03. The molecule has 1 aromatic carbocycles. The molecule has 6 nitrogen and oxygen atoms in total. The highest BCUT2D eigenvalue weighted by Crippen LogP contribution is 2.19. The van der Waals surface area contributed by atoms with Gasteiger partial charge in [0.1, 0.15) is 17.4 Å². The van der Waals surface area contributed by atoms with Crippen molar-refractivity contribution in [2.45, 2.75) is 4.90 Å². The number of nitrogens with zero attached hydrogens (tertiary/aromatic N) is 4. The number of benzene rings is 1. The summed E-state index contributed by atoms with van der Waals surface area (Å²) in [6.07, 6.45) is 0. The summed E-state index contributed by atoms with van der Waals surface area (Å²) < 4.78 is 38.0. The van der Waals surface area contributed by atoms with E-state index in [9.17, 15) is 12.8 Å². The summed E-state index contributed by atoms with van der Waals surface area (Å²) in [7, 11) is -4.33. The Morgan fingerprint density at radius 1 is 1.53 bits per heavy atom. The minimum atomic E-state index is -4.33. The van der Waals surface area contributed by atoms with Gasteiger partial charge < -0.3 is 0 Å². The summed E-state index contributed by atoms with van der Waals surface area (Å²) in [5, 5.41) is 8.54. The number of sulfonamides is 1. The van der Waals surface area contributed by atoms with Gasteiger partial charge in [0.2, 0.25) is 0 Å². The van der Waals surface area contributed by atoms with Crippen molar-refractivity contribution in [1.82, 2.24) is 0 Å². The summed E-state index contributed by atoms with van der Waals surface area (Å²) in [5.41, 5.74) is 7.34. The van der Waals surface area contributed by atoms with Crippen LogP contribution in [0.5, 0.6) is 0 Å². The van der Waals surface area contributed by atoms with E-state index in [2.05, 4.69) is 9.43 Å². The average molecular weight is 226 g/mol. The summed E-state index contributed by atoms with van der Waals surface area (Å²) in [4.78, 5) is 1.46. The summed E-state index contributed by atoms with van der Waals surface area (Å²) in [6, 6.07) is 4.43. The zero-order valence-corrected chi connectivity index (χ0v) is 7.94. The quantitative estimate of drug-likeness (QED) is 0.435. The van der Waals surface area contributed by atoms with Crippen LogP contribution in [0.25, 0.3) is 10.4 Å². The molecule has 0 N–H and O–H groups in total. The maximum absolute atomic E-state index is 13.0. The topological polar surface area (TPSA) is 107 Å². The number of hydrogen-bond donors (Lipinski definition) is 0. The van der Waals surface area contributed by atoms with Gasteiger partial charge in [0.05, 0.1) is 4.90 Å². The molecule has 15 heavy (non-hydrogen) atoms. The van der Waals surface area contributed by atoms with Crippen molar-refractivity contribution in [3.63, 3.8) is 0 Å². The third-order valence-corrected chi connectivity index (χ3v) is 2.69. The van der Waals surface area contributed by atoms with Gasteiger partial charge >= 0.3 is 0 Å². The predicted molar refractivity (Wildman–Crippen MR) is 47.4 cm³/mol. The molecule has 0 saturated carbocycles. The van der Waals surface area contributed by atoms with E-state index in [0.717, 1.165) is 18.2 Å². The molecule has 0 bridgehead atoms. The van der Waals surface area contributed by atoms with Crippen LogP contribution >= 0.6 is 0 Å². The van der Waals surface area contributed by atoms with Crippen LogP contribution in [-0.2, 0) is 10.0 Å². The van der Waals surface area contributed by atoms with Crippen LogP contribution in [0, 0.1) is 17.1 Å². The normalized spacial score (nSPS) is 10.1. The molecule has 0 spiro atoms. The Bertz CT molecular complexity index is 583. The molecule has 1 aromatic rings. The lowest BCUT2D eigenvalue weighted by atomic mass is 10.2. The van der Waals surface area contributed by atoms with E-state index in [1.165, 1.54) is 6.07 Å². The van der Waals surface area contributed by atoms with Gasteiger partial charge in [-0.1, -0.05) is 6.07 Å². The van der Waals surface area contributed by atoms with Gasteiger partial charge in [-0.15, -0.1) is 0 Å². The van der Waals surface area contributed by atoms with E-state index in [4.69, 9.17) is 10.8 Å². The summed E-state index contributed by atoms with van der Waals surface area (Å²) >= 11 is 0. The van der Waals surface area contributed by atoms with Gasteiger partial charge in [-0.3, -0.25) is 0 Å². The molecule has 0 atom stereocenters. The first-order valence-corrected chi connectivity index (χ1v) is 4.97. The molecule has 0 amide bonds. The van der Waals surface area contributed by atoms with Crippen LogP contribution in [-0.4, -0.2) is 8.42 Å². The van der Waals surface area contributed by atoms with Crippen LogP contribution in [0.4, 0.5) is 4.39 Å². The summed E-state index contributed by atoms with van der Waals surface area (Å²) in [5.74, 6) is -0.980. The highest BCUT2D eigenvalue weighted by atomic mass is 32.2. The van der Waals surface area contributed by atoms with E-state index in [1.54, 1.807) is 0 Å². The third kappa shape index (κ3) is 2.04. The fourth-order valence-corrected chi connectivity index (χ4v) is 1.76. The van der Waals surface area contributed by atoms with Gasteiger partial charge in [0, 0.05) is 9.43 Å². The lowest BCUT2D eigenvalue weighted by molar-refractivity contribution is 0.590.